The molecule has 1 heterocycles. The molecule has 0 spiro atoms. The molecule has 2 unspecified atom stereocenters. The van der Waals surface area contributed by atoms with Gasteiger partial charge in [0.05, 0.1) is 6.10 Å². The van der Waals surface area contributed by atoms with E-state index in [1.165, 1.54) is 56.5 Å². The Balaban J connectivity index is 2.08. The van der Waals surface area contributed by atoms with Gasteiger partial charge in [-0.3, -0.25) is 0 Å². The summed E-state index contributed by atoms with van der Waals surface area (Å²) >= 11 is 2.10. The molecule has 1 fully saturated rings. The zero-order valence-electron chi connectivity index (χ0n) is 12.2. The van der Waals surface area contributed by atoms with Gasteiger partial charge in [0.15, 0.2) is 0 Å². The Morgan fingerprint density at radius 2 is 2.22 bits per heavy atom. The van der Waals surface area contributed by atoms with Crippen molar-refractivity contribution in [1.29, 1.82) is 0 Å². The smallest absolute Gasteiger partial charge is 0.0576 e. The third kappa shape index (κ3) is 7.65. The second-order valence-electron chi connectivity index (χ2n) is 5.29. The largest absolute Gasteiger partial charge is 0.378 e. The van der Waals surface area contributed by atoms with Gasteiger partial charge in [-0.25, -0.2) is 0 Å². The minimum Gasteiger partial charge on any atom is -0.378 e. The Morgan fingerprint density at radius 3 is 2.89 bits per heavy atom. The molecule has 18 heavy (non-hydrogen) atoms. The molecule has 108 valence electrons. The molecule has 0 bridgehead atoms. The van der Waals surface area contributed by atoms with E-state index in [0.717, 1.165) is 13.2 Å². The summed E-state index contributed by atoms with van der Waals surface area (Å²) in [5, 5.41) is 3.69. The van der Waals surface area contributed by atoms with Crippen molar-refractivity contribution in [2.24, 2.45) is 0 Å². The van der Waals surface area contributed by atoms with Crippen LogP contribution in [0.3, 0.4) is 0 Å². The van der Waals surface area contributed by atoms with Crippen LogP contribution in [0.15, 0.2) is 0 Å². The van der Waals surface area contributed by atoms with Crippen molar-refractivity contribution in [2.75, 3.05) is 24.7 Å². The summed E-state index contributed by atoms with van der Waals surface area (Å²) in [5.41, 5.74) is 0. The fourth-order valence-corrected chi connectivity index (χ4v) is 3.45. The number of hydrogen-bond donors (Lipinski definition) is 1. The van der Waals surface area contributed by atoms with Gasteiger partial charge in [-0.2, -0.15) is 11.8 Å². The quantitative estimate of drug-likeness (QED) is 0.578. The van der Waals surface area contributed by atoms with E-state index in [1.807, 2.05) is 0 Å². The van der Waals surface area contributed by atoms with E-state index in [0.29, 0.717) is 12.1 Å². The number of hydrogen-bond acceptors (Lipinski definition) is 3. The minimum atomic E-state index is 0.570. The molecule has 1 aliphatic heterocycles. The summed E-state index contributed by atoms with van der Waals surface area (Å²) in [7, 11) is 0. The lowest BCUT2D eigenvalue weighted by atomic mass is 10.1. The normalized spacial score (nSPS) is 21.3. The van der Waals surface area contributed by atoms with E-state index in [1.54, 1.807) is 0 Å². The second kappa shape index (κ2) is 11.1. The summed E-state index contributed by atoms with van der Waals surface area (Å²) in [4.78, 5) is 0. The van der Waals surface area contributed by atoms with Gasteiger partial charge in [-0.1, -0.05) is 13.8 Å². The molecule has 0 aromatic heterocycles. The van der Waals surface area contributed by atoms with E-state index in [4.69, 9.17) is 4.74 Å². The Morgan fingerprint density at radius 1 is 1.33 bits per heavy atom. The van der Waals surface area contributed by atoms with Crippen molar-refractivity contribution in [1.82, 2.24) is 5.32 Å². The summed E-state index contributed by atoms with van der Waals surface area (Å²) in [6.07, 6.45) is 9.56. The van der Waals surface area contributed by atoms with Crippen molar-refractivity contribution in [2.45, 2.75) is 70.9 Å². The Hall–Kier alpha value is 0.270. The highest BCUT2D eigenvalue weighted by atomic mass is 32.2. The lowest BCUT2D eigenvalue weighted by Crippen LogP contribution is -2.32. The molecule has 0 aliphatic carbocycles. The molecule has 1 N–H and O–H groups in total. The molecule has 1 saturated heterocycles. The van der Waals surface area contributed by atoms with Gasteiger partial charge in [-0.05, 0) is 57.2 Å². The van der Waals surface area contributed by atoms with Crippen LogP contribution in [0.25, 0.3) is 0 Å². The molecule has 0 radical (unpaired) electrons. The average molecular weight is 273 g/mol. The van der Waals surface area contributed by atoms with Crippen LogP contribution in [0.1, 0.15) is 58.8 Å². The zero-order valence-corrected chi connectivity index (χ0v) is 13.1. The predicted octanol–water partition coefficient (Wildman–Crippen LogP) is 3.85. The second-order valence-corrected chi connectivity index (χ2v) is 6.44. The monoisotopic (exact) mass is 273 g/mol. The van der Waals surface area contributed by atoms with E-state index in [-0.39, 0.29) is 0 Å². The molecule has 2 nitrogen and oxygen atoms in total. The van der Waals surface area contributed by atoms with Crippen molar-refractivity contribution in [3.63, 3.8) is 0 Å². The summed E-state index contributed by atoms with van der Waals surface area (Å²) in [6, 6.07) is 0.711. The molecular weight excluding hydrogens is 242 g/mol. The van der Waals surface area contributed by atoms with Gasteiger partial charge in [0.1, 0.15) is 0 Å². The maximum Gasteiger partial charge on any atom is 0.0576 e. The molecule has 1 rings (SSSR count). The SMILES string of the molecule is CCCNC(CCCC1CCCO1)CSCCC. The average Bonchev–Trinajstić information content (AvgIpc) is 2.88. The van der Waals surface area contributed by atoms with Gasteiger partial charge in [0.25, 0.3) is 0 Å². The fraction of sp³-hybridized carbons (Fsp3) is 1.00. The first-order chi connectivity index (χ1) is 8.86. The van der Waals surface area contributed by atoms with E-state index < -0.39 is 0 Å². The van der Waals surface area contributed by atoms with Gasteiger partial charge in [0.2, 0.25) is 0 Å². The number of thioether (sulfide) groups is 1. The van der Waals surface area contributed by atoms with Crippen molar-refractivity contribution in [3.05, 3.63) is 0 Å². The van der Waals surface area contributed by atoms with Gasteiger partial charge in [-0.15, -0.1) is 0 Å². The standard InChI is InChI=1S/C15H31NOS/c1-3-10-16-14(13-18-12-4-2)7-5-8-15-9-6-11-17-15/h14-16H,3-13H2,1-2H3. The van der Waals surface area contributed by atoms with Crippen LogP contribution in [0.2, 0.25) is 0 Å². The number of ether oxygens (including phenoxy) is 1. The van der Waals surface area contributed by atoms with Crippen molar-refractivity contribution in [3.8, 4) is 0 Å². The highest BCUT2D eigenvalue weighted by Crippen LogP contribution is 2.19. The Bertz CT molecular complexity index is 183. The third-order valence-electron chi connectivity index (χ3n) is 3.45. The molecule has 2 atom stereocenters. The Kier molecular flexibility index (Phi) is 10.1. The zero-order chi connectivity index (χ0) is 13.1. The summed E-state index contributed by atoms with van der Waals surface area (Å²) in [5.74, 6) is 2.58. The molecule has 1 aliphatic rings. The first-order valence-corrected chi connectivity index (χ1v) is 8.95. The molecule has 3 heteroatoms. The van der Waals surface area contributed by atoms with E-state index in [9.17, 15) is 0 Å². The molecule has 0 aromatic carbocycles. The number of nitrogens with one attached hydrogen (secondary N) is 1. The minimum absolute atomic E-state index is 0.570. The molecule has 0 aromatic rings. The van der Waals surface area contributed by atoms with Crippen LogP contribution in [0.5, 0.6) is 0 Å². The van der Waals surface area contributed by atoms with Crippen LogP contribution in [-0.4, -0.2) is 36.8 Å². The van der Waals surface area contributed by atoms with Crippen molar-refractivity contribution >= 4 is 11.8 Å². The molecule has 0 saturated carbocycles. The van der Waals surface area contributed by atoms with Crippen LogP contribution in [0, 0.1) is 0 Å². The maximum absolute atomic E-state index is 5.69. The summed E-state index contributed by atoms with van der Waals surface area (Å²) < 4.78 is 5.69. The Labute approximate surface area is 118 Å². The number of rotatable bonds is 11. The molecular formula is C15H31NOS. The lowest BCUT2D eigenvalue weighted by Gasteiger charge is -2.19. The van der Waals surface area contributed by atoms with Crippen LogP contribution < -0.4 is 5.32 Å². The predicted molar refractivity (Wildman–Crippen MR) is 82.5 cm³/mol. The van der Waals surface area contributed by atoms with Gasteiger partial charge < -0.3 is 10.1 Å². The first kappa shape index (κ1) is 16.3. The van der Waals surface area contributed by atoms with Crippen molar-refractivity contribution < 1.29 is 4.74 Å². The third-order valence-corrected chi connectivity index (χ3v) is 4.79. The fourth-order valence-electron chi connectivity index (χ4n) is 2.43. The lowest BCUT2D eigenvalue weighted by molar-refractivity contribution is 0.101. The summed E-state index contributed by atoms with van der Waals surface area (Å²) in [6.45, 7) is 6.67. The molecule has 0 amide bonds. The van der Waals surface area contributed by atoms with Crippen LogP contribution >= 0.6 is 11.8 Å². The van der Waals surface area contributed by atoms with Gasteiger partial charge in [0, 0.05) is 18.4 Å². The van der Waals surface area contributed by atoms with Crippen LogP contribution in [0.4, 0.5) is 0 Å². The van der Waals surface area contributed by atoms with E-state index >= 15 is 0 Å². The highest BCUT2D eigenvalue weighted by Gasteiger charge is 2.16. The van der Waals surface area contributed by atoms with E-state index in [2.05, 4.69) is 30.9 Å². The van der Waals surface area contributed by atoms with Gasteiger partial charge >= 0.3 is 0 Å². The highest BCUT2D eigenvalue weighted by molar-refractivity contribution is 7.99. The first-order valence-electron chi connectivity index (χ1n) is 7.79. The topological polar surface area (TPSA) is 21.3 Å². The van der Waals surface area contributed by atoms with Crippen LogP contribution in [-0.2, 0) is 4.74 Å². The maximum atomic E-state index is 5.69.